The molecule has 0 aliphatic carbocycles. The summed E-state index contributed by atoms with van der Waals surface area (Å²) >= 11 is 1.31. The van der Waals surface area contributed by atoms with Gasteiger partial charge in [-0.15, -0.1) is 11.8 Å². The van der Waals surface area contributed by atoms with Gasteiger partial charge < -0.3 is 14.7 Å². The highest BCUT2D eigenvalue weighted by Gasteiger charge is 2.38. The third kappa shape index (κ3) is 4.18. The minimum absolute atomic E-state index is 0.293. The number of rotatable bonds is 2. The zero-order valence-electron chi connectivity index (χ0n) is 14.1. The lowest BCUT2D eigenvalue weighted by molar-refractivity contribution is -0.0376. The smallest absolute Gasteiger partial charge is 0.410 e. The van der Waals surface area contributed by atoms with Crippen molar-refractivity contribution in [2.45, 2.75) is 49.7 Å². The molecule has 6 heteroatoms. The van der Waals surface area contributed by atoms with Gasteiger partial charge in [0.1, 0.15) is 11.4 Å². The van der Waals surface area contributed by atoms with Crippen molar-refractivity contribution in [3.63, 3.8) is 0 Å². The van der Waals surface area contributed by atoms with Gasteiger partial charge in [0.05, 0.1) is 5.60 Å². The summed E-state index contributed by atoms with van der Waals surface area (Å²) in [7, 11) is 0. The van der Waals surface area contributed by atoms with Crippen LogP contribution in [0.2, 0.25) is 0 Å². The molecule has 1 N–H and O–H groups in total. The second kappa shape index (κ2) is 6.69. The van der Waals surface area contributed by atoms with Gasteiger partial charge >= 0.3 is 6.09 Å². The number of halogens is 1. The van der Waals surface area contributed by atoms with E-state index in [1.54, 1.807) is 29.4 Å². The largest absolute Gasteiger partial charge is 0.444 e. The van der Waals surface area contributed by atoms with E-state index < -0.39 is 17.3 Å². The molecule has 0 spiro atoms. The van der Waals surface area contributed by atoms with Crippen molar-refractivity contribution in [3.05, 3.63) is 29.6 Å². The molecule has 0 unspecified atom stereocenters. The maximum atomic E-state index is 14.5. The van der Waals surface area contributed by atoms with Gasteiger partial charge in [0.2, 0.25) is 0 Å². The van der Waals surface area contributed by atoms with Crippen molar-refractivity contribution in [1.82, 2.24) is 4.90 Å². The Hall–Kier alpha value is -1.27. The average molecular weight is 341 g/mol. The van der Waals surface area contributed by atoms with E-state index in [0.717, 1.165) is 0 Å². The molecule has 1 saturated heterocycles. The van der Waals surface area contributed by atoms with Crippen LogP contribution in [0.25, 0.3) is 0 Å². The standard InChI is InChI=1S/C17H24FNO3S/c1-16(2,3)22-15(20)19-10-8-17(21,9-11-19)12-6-5-7-13(23-4)14(12)18/h5-7,21H,8-11H2,1-4H3. The van der Waals surface area contributed by atoms with Crippen LogP contribution in [-0.2, 0) is 10.3 Å². The fraction of sp³-hybridized carbons (Fsp3) is 0.588. The maximum Gasteiger partial charge on any atom is 0.410 e. The van der Waals surface area contributed by atoms with Gasteiger partial charge in [-0.2, -0.15) is 0 Å². The maximum absolute atomic E-state index is 14.5. The zero-order valence-corrected chi connectivity index (χ0v) is 14.9. The Labute approximate surface area is 141 Å². The van der Waals surface area contributed by atoms with E-state index in [-0.39, 0.29) is 5.82 Å². The third-order valence-corrected chi connectivity index (χ3v) is 4.68. The van der Waals surface area contributed by atoms with Crippen LogP contribution in [0.3, 0.4) is 0 Å². The average Bonchev–Trinajstić information content (AvgIpc) is 2.46. The molecule has 0 aromatic heterocycles. The van der Waals surface area contributed by atoms with Gasteiger partial charge in [0, 0.05) is 23.5 Å². The first-order chi connectivity index (χ1) is 10.7. The summed E-state index contributed by atoms with van der Waals surface area (Å²) in [6, 6.07) is 5.07. The monoisotopic (exact) mass is 341 g/mol. The number of likely N-dealkylation sites (tertiary alicyclic amines) is 1. The van der Waals surface area contributed by atoms with Gasteiger partial charge in [-0.05, 0) is 45.9 Å². The van der Waals surface area contributed by atoms with Crippen molar-refractivity contribution in [2.75, 3.05) is 19.3 Å². The number of piperidine rings is 1. The number of aliphatic hydroxyl groups is 1. The lowest BCUT2D eigenvalue weighted by Crippen LogP contribution is -2.47. The minimum atomic E-state index is -1.24. The van der Waals surface area contributed by atoms with Crippen molar-refractivity contribution in [2.24, 2.45) is 0 Å². The topological polar surface area (TPSA) is 49.8 Å². The van der Waals surface area contributed by atoms with E-state index in [4.69, 9.17) is 4.74 Å². The summed E-state index contributed by atoms with van der Waals surface area (Å²) < 4.78 is 19.8. The molecule has 0 bridgehead atoms. The number of carbonyl (C=O) groups is 1. The van der Waals surface area contributed by atoms with E-state index in [1.807, 2.05) is 20.8 Å². The van der Waals surface area contributed by atoms with Gasteiger partial charge in [-0.3, -0.25) is 0 Å². The van der Waals surface area contributed by atoms with E-state index in [0.29, 0.717) is 36.4 Å². The minimum Gasteiger partial charge on any atom is -0.444 e. The Kier molecular flexibility index (Phi) is 5.26. The van der Waals surface area contributed by atoms with E-state index in [9.17, 15) is 14.3 Å². The molecule has 1 amide bonds. The number of hydrogen-bond donors (Lipinski definition) is 1. The number of carbonyl (C=O) groups excluding carboxylic acids is 1. The fourth-order valence-corrected chi connectivity index (χ4v) is 3.19. The Morgan fingerprint density at radius 1 is 1.35 bits per heavy atom. The first kappa shape index (κ1) is 18.1. The summed E-state index contributed by atoms with van der Waals surface area (Å²) in [4.78, 5) is 14.2. The van der Waals surface area contributed by atoms with Crippen LogP contribution >= 0.6 is 11.8 Å². The van der Waals surface area contributed by atoms with Crippen LogP contribution < -0.4 is 0 Å². The molecule has 1 aliphatic heterocycles. The van der Waals surface area contributed by atoms with Crippen LogP contribution in [0.5, 0.6) is 0 Å². The van der Waals surface area contributed by atoms with Crippen LogP contribution in [0.15, 0.2) is 23.1 Å². The highest BCUT2D eigenvalue weighted by Crippen LogP contribution is 2.37. The van der Waals surface area contributed by atoms with Crippen LogP contribution in [0.1, 0.15) is 39.2 Å². The molecule has 1 fully saturated rings. The first-order valence-corrected chi connectivity index (χ1v) is 8.92. The summed E-state index contributed by atoms with van der Waals surface area (Å²) in [5, 5.41) is 10.8. The Bertz CT molecular complexity index is 578. The summed E-state index contributed by atoms with van der Waals surface area (Å²) in [5.41, 5.74) is -1.48. The number of ether oxygens (including phenoxy) is 1. The molecule has 0 saturated carbocycles. The van der Waals surface area contributed by atoms with Crippen molar-refractivity contribution in [1.29, 1.82) is 0 Å². The van der Waals surface area contributed by atoms with Crippen molar-refractivity contribution >= 4 is 17.9 Å². The SMILES string of the molecule is CSc1cccc(C2(O)CCN(C(=O)OC(C)(C)C)CC2)c1F. The van der Waals surface area contributed by atoms with E-state index in [2.05, 4.69) is 0 Å². The molecule has 128 valence electrons. The molecule has 1 heterocycles. The predicted molar refractivity (Wildman–Crippen MR) is 89.1 cm³/mol. The number of benzene rings is 1. The normalized spacial score (nSPS) is 17.9. The fourth-order valence-electron chi connectivity index (χ4n) is 2.68. The highest BCUT2D eigenvalue weighted by atomic mass is 32.2. The molecular weight excluding hydrogens is 317 g/mol. The van der Waals surface area contributed by atoms with E-state index in [1.165, 1.54) is 11.8 Å². The molecule has 23 heavy (non-hydrogen) atoms. The number of nitrogens with zero attached hydrogens (tertiary/aromatic N) is 1. The van der Waals surface area contributed by atoms with Gasteiger partial charge in [-0.1, -0.05) is 12.1 Å². The zero-order chi connectivity index (χ0) is 17.3. The Morgan fingerprint density at radius 3 is 2.48 bits per heavy atom. The lowest BCUT2D eigenvalue weighted by Gasteiger charge is -2.39. The first-order valence-electron chi connectivity index (χ1n) is 7.69. The molecule has 2 rings (SSSR count). The Morgan fingerprint density at radius 2 is 1.96 bits per heavy atom. The molecule has 0 radical (unpaired) electrons. The van der Waals surface area contributed by atoms with E-state index >= 15 is 0 Å². The van der Waals surface area contributed by atoms with Gasteiger partial charge in [-0.25, -0.2) is 9.18 Å². The third-order valence-electron chi connectivity index (χ3n) is 3.93. The molecular formula is C17H24FNO3S. The number of hydrogen-bond acceptors (Lipinski definition) is 4. The van der Waals surface area contributed by atoms with Crippen molar-refractivity contribution in [3.8, 4) is 0 Å². The molecule has 1 aromatic rings. The van der Waals surface area contributed by atoms with Crippen LogP contribution in [0, 0.1) is 5.82 Å². The molecule has 1 aliphatic rings. The lowest BCUT2D eigenvalue weighted by atomic mass is 9.84. The Balaban J connectivity index is 2.10. The van der Waals surface area contributed by atoms with Gasteiger partial charge in [0.25, 0.3) is 0 Å². The second-order valence-corrected chi connectivity index (χ2v) is 7.67. The molecule has 0 atom stereocenters. The summed E-state index contributed by atoms with van der Waals surface area (Å²) in [6.07, 6.45) is 2.00. The molecule has 4 nitrogen and oxygen atoms in total. The summed E-state index contributed by atoms with van der Waals surface area (Å²) in [5.74, 6) is -0.367. The quantitative estimate of drug-likeness (QED) is 0.832. The number of amides is 1. The second-order valence-electron chi connectivity index (χ2n) is 6.82. The van der Waals surface area contributed by atoms with Crippen LogP contribution in [-0.4, -0.2) is 41.0 Å². The van der Waals surface area contributed by atoms with Gasteiger partial charge in [0.15, 0.2) is 0 Å². The predicted octanol–water partition coefficient (Wildman–Crippen LogP) is 3.77. The highest BCUT2D eigenvalue weighted by molar-refractivity contribution is 7.98. The number of thioether (sulfide) groups is 1. The van der Waals surface area contributed by atoms with Crippen LogP contribution in [0.4, 0.5) is 9.18 Å². The molecule has 1 aromatic carbocycles. The van der Waals surface area contributed by atoms with Crippen molar-refractivity contribution < 1.29 is 19.0 Å². The summed E-state index contributed by atoms with van der Waals surface area (Å²) in [6.45, 7) is 6.13.